The molecular formula is C62H78F2O4Si. The minimum atomic E-state index is -2.59. The van der Waals surface area contributed by atoms with Crippen LogP contribution in [0, 0.1) is 25.5 Å². The zero-order valence-electron chi connectivity index (χ0n) is 43.3. The van der Waals surface area contributed by atoms with Gasteiger partial charge in [0, 0.05) is 33.4 Å². The fourth-order valence-electron chi connectivity index (χ4n) is 9.82. The Labute approximate surface area is 414 Å². The highest BCUT2D eigenvalue weighted by atomic mass is 28.3. The highest BCUT2D eigenvalue weighted by Gasteiger charge is 2.43. The number of rotatable bonds is 24. The first-order valence-electron chi connectivity index (χ1n) is 25.9. The molecule has 2 N–H and O–H groups in total. The van der Waals surface area contributed by atoms with E-state index in [4.69, 9.17) is 9.47 Å². The summed E-state index contributed by atoms with van der Waals surface area (Å²) in [5, 5.41) is 24.4. The Balaban J connectivity index is 1.35. The molecule has 0 aliphatic rings. The summed E-state index contributed by atoms with van der Waals surface area (Å²) in [5.41, 5.74) is 12.7. The van der Waals surface area contributed by atoms with Crippen molar-refractivity contribution in [2.24, 2.45) is 0 Å². The van der Waals surface area contributed by atoms with Crippen molar-refractivity contribution in [3.8, 4) is 67.5 Å². The van der Waals surface area contributed by atoms with Crippen LogP contribution in [0.5, 0.6) is 23.0 Å². The third-order valence-corrected chi connectivity index (χ3v) is 20.2. The van der Waals surface area contributed by atoms with Crippen molar-refractivity contribution in [2.75, 3.05) is 12.5 Å². The molecule has 0 radical (unpaired) electrons. The molecule has 0 saturated carbocycles. The normalized spacial score (nSPS) is 11.8. The number of ether oxygens (including phenoxy) is 2. The maximum atomic E-state index is 15.4. The van der Waals surface area contributed by atoms with Crippen molar-refractivity contribution in [1.29, 1.82) is 0 Å². The summed E-state index contributed by atoms with van der Waals surface area (Å²) in [6.07, 6.45) is 13.3. The van der Waals surface area contributed by atoms with E-state index in [0.29, 0.717) is 46.2 Å². The average Bonchev–Trinajstić information content (AvgIpc) is 3.32. The van der Waals surface area contributed by atoms with Crippen LogP contribution in [-0.2, 0) is 25.7 Å². The van der Waals surface area contributed by atoms with Gasteiger partial charge < -0.3 is 19.7 Å². The standard InChI is InChI=1S/C62H78F2O4Si/c1-11-15-19-45-31-46(20-16-12-2)34-49(33-45)53-27-43(9)29-57(61(53)65)55-37-51(63)23-25-59(55)67-39-69(41(5)6,42(7)8)40-68-60-26-24-52(64)38-56(60)58-30-44(10)28-54(62(58)66)50-35-47(21-17-13-3)32-48(36-50)22-18-14-4/h23-38,41-42,65-66H,11-22,39-40H2,1-10H3. The number of benzene rings is 6. The van der Waals surface area contributed by atoms with Crippen molar-refractivity contribution in [3.05, 3.63) is 142 Å². The Bertz CT molecular complexity index is 2430. The van der Waals surface area contributed by atoms with E-state index >= 15 is 8.78 Å². The summed E-state index contributed by atoms with van der Waals surface area (Å²) >= 11 is 0. The lowest BCUT2D eigenvalue weighted by Crippen LogP contribution is -2.53. The molecule has 0 bridgehead atoms. The topological polar surface area (TPSA) is 58.9 Å². The van der Waals surface area contributed by atoms with Crippen LogP contribution in [0.3, 0.4) is 0 Å². The van der Waals surface area contributed by atoms with E-state index in [0.717, 1.165) is 110 Å². The zero-order chi connectivity index (χ0) is 49.8. The molecule has 6 rings (SSSR count). The molecule has 0 amide bonds. The van der Waals surface area contributed by atoms with E-state index in [1.165, 1.54) is 46.5 Å². The van der Waals surface area contributed by atoms with Gasteiger partial charge in [-0.1, -0.05) is 117 Å². The van der Waals surface area contributed by atoms with Gasteiger partial charge >= 0.3 is 0 Å². The van der Waals surface area contributed by atoms with Gasteiger partial charge in [-0.25, -0.2) is 8.78 Å². The number of aryl methyl sites for hydroxylation is 6. The molecule has 7 heteroatoms. The van der Waals surface area contributed by atoms with Crippen LogP contribution in [0.2, 0.25) is 11.1 Å². The SMILES string of the molecule is CCCCc1cc(CCCC)cc(-c2cc(C)cc(-c3cc(F)ccc3OC[Si](COc3ccc(F)cc3-c3cc(C)cc(-c4cc(CCCC)cc(CCCC)c4)c3O)(C(C)C)C(C)C)c2O)c1. The Morgan fingerprint density at radius 1 is 0.435 bits per heavy atom. The van der Waals surface area contributed by atoms with Gasteiger partial charge in [-0.3, -0.25) is 0 Å². The van der Waals surface area contributed by atoms with Gasteiger partial charge in [-0.2, -0.15) is 0 Å². The summed E-state index contributed by atoms with van der Waals surface area (Å²) in [6, 6.07) is 30.3. The summed E-state index contributed by atoms with van der Waals surface area (Å²) < 4.78 is 44.6. The van der Waals surface area contributed by atoms with Crippen LogP contribution < -0.4 is 9.47 Å². The Hall–Kier alpha value is -5.40. The maximum absolute atomic E-state index is 15.4. The van der Waals surface area contributed by atoms with Gasteiger partial charge in [0.1, 0.15) is 42.7 Å². The quantitative estimate of drug-likeness (QED) is 0.0594. The minimum Gasteiger partial charge on any atom is -0.507 e. The van der Waals surface area contributed by atoms with Crippen LogP contribution in [-0.4, -0.2) is 30.7 Å². The Morgan fingerprint density at radius 2 is 0.754 bits per heavy atom. The van der Waals surface area contributed by atoms with E-state index in [9.17, 15) is 10.2 Å². The Kier molecular flexibility index (Phi) is 18.8. The second-order valence-corrected chi connectivity index (χ2v) is 25.7. The number of phenolic OH excluding ortho intramolecular Hbond substituents is 2. The van der Waals surface area contributed by atoms with Crippen molar-refractivity contribution >= 4 is 8.07 Å². The molecule has 4 nitrogen and oxygen atoms in total. The summed E-state index contributed by atoms with van der Waals surface area (Å²) in [4.78, 5) is 0. The lowest BCUT2D eigenvalue weighted by molar-refractivity contribution is 0.334. The molecule has 0 heterocycles. The molecule has 6 aromatic rings. The molecule has 0 fully saturated rings. The molecule has 69 heavy (non-hydrogen) atoms. The van der Waals surface area contributed by atoms with E-state index < -0.39 is 19.7 Å². The van der Waals surface area contributed by atoms with E-state index in [1.54, 1.807) is 12.1 Å². The van der Waals surface area contributed by atoms with Gasteiger partial charge in [0.05, 0.1) is 12.5 Å². The van der Waals surface area contributed by atoms with Crippen LogP contribution in [0.1, 0.15) is 140 Å². The molecule has 0 aromatic heterocycles. The predicted octanol–water partition coefficient (Wildman–Crippen LogP) is 17.8. The van der Waals surface area contributed by atoms with E-state index in [2.05, 4.69) is 91.8 Å². The largest absolute Gasteiger partial charge is 0.507 e. The molecule has 6 aromatic carbocycles. The van der Waals surface area contributed by atoms with Gasteiger partial charge in [0.15, 0.2) is 0 Å². The lowest BCUT2D eigenvalue weighted by atomic mass is 9.91. The third kappa shape index (κ3) is 13.1. The summed E-state index contributed by atoms with van der Waals surface area (Å²) in [6.45, 7) is 21.7. The summed E-state index contributed by atoms with van der Waals surface area (Å²) in [7, 11) is -2.59. The second-order valence-electron chi connectivity index (χ2n) is 20.3. The molecular weight excluding hydrogens is 875 g/mol. The molecule has 0 aliphatic carbocycles. The predicted molar refractivity (Wildman–Crippen MR) is 289 cm³/mol. The number of hydrogen-bond donors (Lipinski definition) is 2. The summed E-state index contributed by atoms with van der Waals surface area (Å²) in [5.74, 6) is 0.316. The first-order valence-corrected chi connectivity index (χ1v) is 28.5. The molecule has 368 valence electrons. The second kappa shape index (κ2) is 24.4. The number of aromatic hydroxyl groups is 2. The lowest BCUT2D eigenvalue weighted by Gasteiger charge is -2.38. The first kappa shape index (κ1) is 53.0. The van der Waals surface area contributed by atoms with Crippen molar-refractivity contribution in [1.82, 2.24) is 0 Å². The van der Waals surface area contributed by atoms with Gasteiger partial charge in [0.25, 0.3) is 0 Å². The van der Waals surface area contributed by atoms with Crippen molar-refractivity contribution < 1.29 is 28.5 Å². The number of phenols is 2. The smallest absolute Gasteiger partial charge is 0.146 e. The van der Waals surface area contributed by atoms with E-state index in [-0.39, 0.29) is 22.6 Å². The van der Waals surface area contributed by atoms with E-state index in [1.807, 2.05) is 38.1 Å². The fraction of sp³-hybridized carbons (Fsp3) is 0.419. The monoisotopic (exact) mass is 953 g/mol. The number of unbranched alkanes of at least 4 members (excludes halogenated alkanes) is 4. The third-order valence-electron chi connectivity index (χ3n) is 14.3. The highest BCUT2D eigenvalue weighted by molar-refractivity contribution is 6.82. The van der Waals surface area contributed by atoms with Crippen LogP contribution >= 0.6 is 0 Å². The molecule has 0 atom stereocenters. The van der Waals surface area contributed by atoms with Gasteiger partial charge in [-0.05, 0) is 181 Å². The maximum Gasteiger partial charge on any atom is 0.146 e. The van der Waals surface area contributed by atoms with Gasteiger partial charge in [-0.15, -0.1) is 0 Å². The van der Waals surface area contributed by atoms with Crippen LogP contribution in [0.25, 0.3) is 44.5 Å². The first-order chi connectivity index (χ1) is 33.1. The Morgan fingerprint density at radius 3 is 1.06 bits per heavy atom. The highest BCUT2D eigenvalue weighted by Crippen LogP contribution is 2.46. The molecule has 0 spiro atoms. The number of halogens is 2. The van der Waals surface area contributed by atoms with Gasteiger partial charge in [0.2, 0.25) is 0 Å². The molecule has 0 unspecified atom stereocenters. The van der Waals surface area contributed by atoms with Crippen molar-refractivity contribution in [2.45, 2.75) is 157 Å². The molecule has 0 saturated heterocycles. The number of hydrogen-bond acceptors (Lipinski definition) is 4. The fourth-order valence-corrected chi connectivity index (χ4v) is 13.4. The average molecular weight is 953 g/mol. The van der Waals surface area contributed by atoms with Crippen LogP contribution in [0.15, 0.2) is 97.1 Å². The van der Waals surface area contributed by atoms with Crippen LogP contribution in [0.4, 0.5) is 8.78 Å². The van der Waals surface area contributed by atoms with Crippen molar-refractivity contribution in [3.63, 3.8) is 0 Å². The zero-order valence-corrected chi connectivity index (χ0v) is 44.3. The minimum absolute atomic E-state index is 0.0947. The molecule has 0 aliphatic heterocycles.